The Bertz CT molecular complexity index is 572. The topological polar surface area (TPSA) is 52.3 Å². The molecule has 19 heavy (non-hydrogen) atoms. The Labute approximate surface area is 119 Å². The minimum atomic E-state index is -1.15. The molecule has 2 aromatic carbocycles. The van der Waals surface area contributed by atoms with Gasteiger partial charge < -0.3 is 10.5 Å². The number of nitrogen functional groups attached to an aromatic ring is 1. The maximum absolute atomic E-state index is 12.0. The van der Waals surface area contributed by atoms with E-state index in [1.165, 1.54) is 0 Å². The lowest BCUT2D eigenvalue weighted by Crippen LogP contribution is -2.09. The van der Waals surface area contributed by atoms with E-state index in [1.807, 2.05) is 12.1 Å². The van der Waals surface area contributed by atoms with E-state index in [0.29, 0.717) is 33.7 Å². The molecule has 5 heteroatoms. The van der Waals surface area contributed by atoms with Crippen LogP contribution in [0.3, 0.4) is 0 Å². The van der Waals surface area contributed by atoms with Crippen LogP contribution in [0, 0.1) is 0 Å². The van der Waals surface area contributed by atoms with Crippen LogP contribution in [0.25, 0.3) is 0 Å². The molecule has 0 spiro atoms. The van der Waals surface area contributed by atoms with Crippen LogP contribution in [-0.4, -0.2) is 16.6 Å². The third kappa shape index (κ3) is 3.98. The van der Waals surface area contributed by atoms with Crippen molar-refractivity contribution >= 4 is 28.1 Å². The molecule has 0 aliphatic heterocycles. The number of rotatable bonds is 5. The minimum absolute atomic E-state index is 0.363. The fourth-order valence-corrected chi connectivity index (χ4v) is 2.90. The summed E-state index contributed by atoms with van der Waals surface area (Å²) in [5, 5.41) is 0.522. The van der Waals surface area contributed by atoms with E-state index in [4.69, 9.17) is 22.1 Å². The van der Waals surface area contributed by atoms with E-state index in [1.54, 1.807) is 36.4 Å². The van der Waals surface area contributed by atoms with Gasteiger partial charge in [-0.15, -0.1) is 0 Å². The van der Waals surface area contributed by atoms with E-state index in [9.17, 15) is 4.21 Å². The lowest BCUT2D eigenvalue weighted by Gasteiger charge is -2.07. The van der Waals surface area contributed by atoms with Crippen molar-refractivity contribution in [3.8, 4) is 5.75 Å². The van der Waals surface area contributed by atoms with Gasteiger partial charge in [-0.1, -0.05) is 23.7 Å². The molecule has 2 N–H and O–H groups in total. The highest BCUT2D eigenvalue weighted by Crippen LogP contribution is 2.19. The van der Waals surface area contributed by atoms with Crippen LogP contribution in [0.15, 0.2) is 53.4 Å². The van der Waals surface area contributed by atoms with Gasteiger partial charge in [0.15, 0.2) is 0 Å². The Kier molecular flexibility index (Phi) is 4.82. The summed E-state index contributed by atoms with van der Waals surface area (Å²) < 4.78 is 17.5. The molecule has 0 aliphatic carbocycles. The molecule has 0 saturated heterocycles. The van der Waals surface area contributed by atoms with Crippen molar-refractivity contribution in [3.63, 3.8) is 0 Å². The molecular formula is C14H14ClNO2S. The molecule has 0 saturated carbocycles. The van der Waals surface area contributed by atoms with Crippen LogP contribution in [0.1, 0.15) is 0 Å². The third-order valence-corrected chi connectivity index (χ3v) is 4.33. The predicted molar refractivity (Wildman–Crippen MR) is 79.1 cm³/mol. The minimum Gasteiger partial charge on any atom is -0.493 e. The Morgan fingerprint density at radius 3 is 2.47 bits per heavy atom. The van der Waals surface area contributed by atoms with Crippen molar-refractivity contribution in [2.75, 3.05) is 18.1 Å². The summed E-state index contributed by atoms with van der Waals surface area (Å²) in [5.41, 5.74) is 6.26. The third-order valence-electron chi connectivity index (χ3n) is 2.50. The molecule has 0 radical (unpaired) electrons. The zero-order chi connectivity index (χ0) is 13.7. The molecule has 2 aromatic rings. The zero-order valence-corrected chi connectivity index (χ0v) is 11.8. The highest BCUT2D eigenvalue weighted by molar-refractivity contribution is 7.85. The largest absolute Gasteiger partial charge is 0.493 e. The van der Waals surface area contributed by atoms with Crippen LogP contribution < -0.4 is 10.5 Å². The van der Waals surface area contributed by atoms with Gasteiger partial charge in [-0.05, 0) is 36.4 Å². The Morgan fingerprint density at radius 2 is 1.79 bits per heavy atom. The van der Waals surface area contributed by atoms with Crippen molar-refractivity contribution in [1.82, 2.24) is 0 Å². The molecule has 2 rings (SSSR count). The van der Waals surface area contributed by atoms with Crippen LogP contribution in [0.2, 0.25) is 5.02 Å². The summed E-state index contributed by atoms with van der Waals surface area (Å²) in [4.78, 5) is 0.644. The molecule has 0 amide bonds. The molecule has 0 fully saturated rings. The summed E-state index contributed by atoms with van der Waals surface area (Å²) in [6, 6.07) is 14.2. The first-order chi connectivity index (χ1) is 9.16. The fraction of sp³-hybridized carbons (Fsp3) is 0.143. The van der Waals surface area contributed by atoms with Crippen molar-refractivity contribution in [2.45, 2.75) is 4.90 Å². The van der Waals surface area contributed by atoms with Crippen molar-refractivity contribution in [3.05, 3.63) is 53.6 Å². The van der Waals surface area contributed by atoms with Gasteiger partial charge >= 0.3 is 0 Å². The Hall–Kier alpha value is -1.52. The van der Waals surface area contributed by atoms with Gasteiger partial charge in [0.2, 0.25) is 0 Å². The maximum Gasteiger partial charge on any atom is 0.119 e. The number of nitrogens with two attached hydrogens (primary N) is 1. The van der Waals surface area contributed by atoms with Gasteiger partial charge in [0.05, 0.1) is 26.5 Å². The van der Waals surface area contributed by atoms with E-state index < -0.39 is 10.8 Å². The summed E-state index contributed by atoms with van der Waals surface area (Å²) in [6.45, 7) is 0.363. The average Bonchev–Trinajstić information content (AvgIpc) is 2.41. The molecule has 3 nitrogen and oxygen atoms in total. The molecule has 0 aromatic heterocycles. The first-order valence-electron chi connectivity index (χ1n) is 5.78. The van der Waals surface area contributed by atoms with E-state index in [-0.39, 0.29) is 0 Å². The number of hydrogen-bond donors (Lipinski definition) is 1. The first-order valence-corrected chi connectivity index (χ1v) is 7.48. The maximum atomic E-state index is 12.0. The number of ether oxygens (including phenoxy) is 1. The second-order valence-electron chi connectivity index (χ2n) is 3.90. The zero-order valence-electron chi connectivity index (χ0n) is 10.2. The van der Waals surface area contributed by atoms with E-state index in [2.05, 4.69) is 0 Å². The molecule has 0 heterocycles. The van der Waals surface area contributed by atoms with Gasteiger partial charge in [0.1, 0.15) is 12.4 Å². The smallest absolute Gasteiger partial charge is 0.119 e. The SMILES string of the molecule is Nc1ccc(OCCS(=O)c2ccccc2Cl)cc1. The second-order valence-corrected chi connectivity index (χ2v) is 5.84. The number of benzene rings is 2. The second kappa shape index (κ2) is 6.59. The number of hydrogen-bond acceptors (Lipinski definition) is 3. The van der Waals surface area contributed by atoms with Gasteiger partial charge in [0, 0.05) is 5.69 Å². The molecule has 0 bridgehead atoms. The Morgan fingerprint density at radius 1 is 1.11 bits per heavy atom. The standard InChI is InChI=1S/C14H14ClNO2S/c15-13-3-1-2-4-14(13)19(17)10-9-18-12-7-5-11(16)6-8-12/h1-8H,9-10,16H2. The Balaban J connectivity index is 1.88. The molecule has 1 unspecified atom stereocenters. The number of anilines is 1. The van der Waals surface area contributed by atoms with E-state index >= 15 is 0 Å². The van der Waals surface area contributed by atoms with Crippen molar-refractivity contribution in [1.29, 1.82) is 0 Å². The summed E-state index contributed by atoms with van der Waals surface area (Å²) >= 11 is 5.98. The quantitative estimate of drug-likeness (QED) is 0.862. The van der Waals surface area contributed by atoms with Crippen molar-refractivity contribution in [2.24, 2.45) is 0 Å². The van der Waals surface area contributed by atoms with Gasteiger partial charge in [-0.2, -0.15) is 0 Å². The molecular weight excluding hydrogens is 282 g/mol. The normalized spacial score (nSPS) is 12.1. The lowest BCUT2D eigenvalue weighted by molar-refractivity contribution is 0.342. The monoisotopic (exact) mass is 295 g/mol. The summed E-state index contributed by atoms with van der Waals surface area (Å²) in [5.74, 6) is 1.11. The highest BCUT2D eigenvalue weighted by atomic mass is 35.5. The average molecular weight is 296 g/mol. The van der Waals surface area contributed by atoms with Gasteiger partial charge in [-0.25, -0.2) is 0 Å². The van der Waals surface area contributed by atoms with E-state index in [0.717, 1.165) is 0 Å². The lowest BCUT2D eigenvalue weighted by atomic mass is 10.3. The molecule has 1 atom stereocenters. The van der Waals surface area contributed by atoms with Crippen molar-refractivity contribution < 1.29 is 8.95 Å². The van der Waals surface area contributed by atoms with Crippen LogP contribution in [0.5, 0.6) is 5.75 Å². The highest BCUT2D eigenvalue weighted by Gasteiger charge is 2.07. The number of halogens is 1. The molecule has 0 aliphatic rings. The predicted octanol–water partition coefficient (Wildman–Crippen LogP) is 3.11. The fourth-order valence-electron chi connectivity index (χ4n) is 1.54. The van der Waals surface area contributed by atoms with Crippen LogP contribution in [0.4, 0.5) is 5.69 Å². The van der Waals surface area contributed by atoms with Gasteiger partial charge in [0.25, 0.3) is 0 Å². The summed E-state index contributed by atoms with van der Waals surface area (Å²) in [7, 11) is -1.15. The summed E-state index contributed by atoms with van der Waals surface area (Å²) in [6.07, 6.45) is 0. The van der Waals surface area contributed by atoms with Gasteiger partial charge in [-0.3, -0.25) is 4.21 Å². The van der Waals surface area contributed by atoms with Crippen LogP contribution in [-0.2, 0) is 10.8 Å². The molecule has 100 valence electrons. The first kappa shape index (κ1) is 13.9. The van der Waals surface area contributed by atoms with Crippen LogP contribution >= 0.6 is 11.6 Å².